The lowest BCUT2D eigenvalue weighted by Gasteiger charge is -2.26. The van der Waals surface area contributed by atoms with Gasteiger partial charge in [-0.25, -0.2) is 4.79 Å². The minimum atomic E-state index is -1.27. The smallest absolute Gasteiger partial charge is 0.330 e. The van der Waals surface area contributed by atoms with E-state index in [1.54, 1.807) is 6.07 Å². The first-order valence-electron chi connectivity index (χ1n) is 9.68. The van der Waals surface area contributed by atoms with E-state index < -0.39 is 11.5 Å². The van der Waals surface area contributed by atoms with Crippen LogP contribution in [0.3, 0.4) is 0 Å². The highest BCUT2D eigenvalue weighted by Crippen LogP contribution is 2.31. The number of hydrogen-bond acceptors (Lipinski definition) is 2. The molecule has 0 spiro atoms. The fourth-order valence-corrected chi connectivity index (χ4v) is 3.99. The number of unbranched alkanes of at least 4 members (excludes halogenated alkanes) is 2. The fourth-order valence-electron chi connectivity index (χ4n) is 3.99. The van der Waals surface area contributed by atoms with Crippen molar-refractivity contribution in [1.29, 1.82) is 0 Å². The summed E-state index contributed by atoms with van der Waals surface area (Å²) in [5.74, 6) is -1.27. The number of fused-ring (bicyclic) bond motifs is 1. The zero-order valence-corrected chi connectivity index (χ0v) is 16.0. The van der Waals surface area contributed by atoms with E-state index in [4.69, 9.17) is 0 Å². The van der Waals surface area contributed by atoms with Gasteiger partial charge in [0.1, 0.15) is 5.54 Å². The van der Waals surface area contributed by atoms with Crippen LogP contribution in [0.4, 0.5) is 0 Å². The number of amides is 1. The topological polar surface area (TPSA) is 66.4 Å². The lowest BCUT2D eigenvalue weighted by molar-refractivity contribution is -0.144. The Kier molecular flexibility index (Phi) is 5.64. The van der Waals surface area contributed by atoms with Gasteiger partial charge in [-0.3, -0.25) is 4.79 Å². The van der Waals surface area contributed by atoms with Crippen molar-refractivity contribution in [1.82, 2.24) is 5.32 Å². The first-order chi connectivity index (χ1) is 13.0. The van der Waals surface area contributed by atoms with Crippen LogP contribution in [0, 0.1) is 6.92 Å². The monoisotopic (exact) mass is 365 g/mol. The van der Waals surface area contributed by atoms with E-state index in [9.17, 15) is 14.7 Å². The summed E-state index contributed by atoms with van der Waals surface area (Å²) >= 11 is 0. The van der Waals surface area contributed by atoms with E-state index in [-0.39, 0.29) is 5.91 Å². The van der Waals surface area contributed by atoms with Crippen LogP contribution in [0.15, 0.2) is 42.5 Å². The molecule has 0 atom stereocenters. The van der Waals surface area contributed by atoms with Crippen LogP contribution in [0.25, 0.3) is 0 Å². The van der Waals surface area contributed by atoms with Gasteiger partial charge >= 0.3 is 5.97 Å². The molecule has 0 bridgehead atoms. The zero-order valence-electron chi connectivity index (χ0n) is 16.0. The van der Waals surface area contributed by atoms with Crippen molar-refractivity contribution in [3.05, 3.63) is 70.3 Å². The third kappa shape index (κ3) is 3.90. The van der Waals surface area contributed by atoms with E-state index in [0.717, 1.165) is 47.9 Å². The molecule has 0 fully saturated rings. The van der Waals surface area contributed by atoms with Crippen molar-refractivity contribution in [3.63, 3.8) is 0 Å². The van der Waals surface area contributed by atoms with Gasteiger partial charge in [-0.1, -0.05) is 56.2 Å². The van der Waals surface area contributed by atoms with E-state index in [2.05, 4.69) is 12.2 Å². The van der Waals surface area contributed by atoms with Gasteiger partial charge in [0.15, 0.2) is 0 Å². The number of hydrogen-bond donors (Lipinski definition) is 2. The highest BCUT2D eigenvalue weighted by Gasteiger charge is 2.45. The van der Waals surface area contributed by atoms with Gasteiger partial charge in [0.25, 0.3) is 5.91 Å². The number of rotatable bonds is 7. The maximum atomic E-state index is 13.1. The van der Waals surface area contributed by atoms with Gasteiger partial charge in [-0.2, -0.15) is 0 Å². The molecule has 1 aliphatic carbocycles. The van der Waals surface area contributed by atoms with Crippen LogP contribution in [0.1, 0.15) is 58.8 Å². The van der Waals surface area contributed by atoms with E-state index >= 15 is 0 Å². The molecule has 4 heteroatoms. The van der Waals surface area contributed by atoms with E-state index in [1.165, 1.54) is 0 Å². The Labute approximate surface area is 160 Å². The van der Waals surface area contributed by atoms with Crippen LogP contribution in [0.2, 0.25) is 0 Å². The second-order valence-electron chi connectivity index (χ2n) is 7.52. The molecular weight excluding hydrogens is 338 g/mol. The molecule has 0 saturated heterocycles. The first kappa shape index (κ1) is 19.2. The van der Waals surface area contributed by atoms with Crippen LogP contribution < -0.4 is 5.32 Å². The van der Waals surface area contributed by atoms with Gasteiger partial charge in [0, 0.05) is 18.4 Å². The molecule has 142 valence electrons. The number of nitrogens with one attached hydrogen (secondary N) is 1. The molecule has 1 aliphatic rings. The van der Waals surface area contributed by atoms with Crippen molar-refractivity contribution in [2.45, 2.75) is 57.9 Å². The number of aryl methyl sites for hydroxylation is 1. The molecule has 2 aromatic carbocycles. The predicted octanol–water partition coefficient (Wildman–Crippen LogP) is 4.08. The average molecular weight is 365 g/mol. The first-order valence-corrected chi connectivity index (χ1v) is 9.68. The molecular formula is C23H27NO3. The minimum absolute atomic E-state index is 0.291. The largest absolute Gasteiger partial charge is 0.479 e. The normalized spacial score (nSPS) is 14.6. The number of benzene rings is 2. The Morgan fingerprint density at radius 2 is 1.70 bits per heavy atom. The summed E-state index contributed by atoms with van der Waals surface area (Å²) in [4.78, 5) is 25.2. The summed E-state index contributed by atoms with van der Waals surface area (Å²) in [7, 11) is 0. The van der Waals surface area contributed by atoms with E-state index in [1.807, 2.05) is 43.3 Å². The molecule has 0 aromatic heterocycles. The molecule has 0 heterocycles. The molecule has 0 radical (unpaired) electrons. The maximum absolute atomic E-state index is 13.1. The Morgan fingerprint density at radius 1 is 1.04 bits per heavy atom. The fraction of sp³-hybridized carbons (Fsp3) is 0.391. The van der Waals surface area contributed by atoms with Crippen molar-refractivity contribution < 1.29 is 14.7 Å². The molecule has 0 unspecified atom stereocenters. The summed E-state index contributed by atoms with van der Waals surface area (Å²) in [6.45, 7) is 4.16. The SMILES string of the molecule is CCCCCc1c(C)cccc1C(=O)NC1(C(=O)O)Cc2ccccc2C1. The number of carbonyl (C=O) groups is 2. The van der Waals surface area contributed by atoms with E-state index in [0.29, 0.717) is 18.4 Å². The van der Waals surface area contributed by atoms with Gasteiger partial charge < -0.3 is 10.4 Å². The summed E-state index contributed by atoms with van der Waals surface area (Å²) in [5, 5.41) is 12.8. The Morgan fingerprint density at radius 3 is 2.30 bits per heavy atom. The van der Waals surface area contributed by atoms with Crippen molar-refractivity contribution >= 4 is 11.9 Å². The summed E-state index contributed by atoms with van der Waals surface area (Å²) in [5.41, 5.74) is 3.42. The lowest BCUT2D eigenvalue weighted by atomic mass is 9.92. The molecule has 2 N–H and O–H groups in total. The molecule has 0 saturated carbocycles. The molecule has 1 amide bonds. The quantitative estimate of drug-likeness (QED) is 0.727. The highest BCUT2D eigenvalue weighted by atomic mass is 16.4. The third-order valence-corrected chi connectivity index (χ3v) is 5.55. The highest BCUT2D eigenvalue weighted by molar-refractivity contribution is 5.99. The molecule has 27 heavy (non-hydrogen) atoms. The van der Waals surface area contributed by atoms with Gasteiger partial charge in [-0.15, -0.1) is 0 Å². The van der Waals surface area contributed by atoms with Gasteiger partial charge in [0.2, 0.25) is 0 Å². The zero-order chi connectivity index (χ0) is 19.4. The summed E-state index contributed by atoms with van der Waals surface area (Å²) < 4.78 is 0. The summed E-state index contributed by atoms with van der Waals surface area (Å²) in [6.07, 6.45) is 4.74. The average Bonchev–Trinajstić information content (AvgIpc) is 3.02. The van der Waals surface area contributed by atoms with Gasteiger partial charge in [-0.05, 0) is 48.1 Å². The number of aliphatic carboxylic acids is 1. The second-order valence-corrected chi connectivity index (χ2v) is 7.52. The van der Waals surface area contributed by atoms with Crippen LogP contribution in [-0.4, -0.2) is 22.5 Å². The number of carboxylic acids is 1. The van der Waals surface area contributed by atoms with Crippen molar-refractivity contribution in [2.75, 3.05) is 0 Å². The maximum Gasteiger partial charge on any atom is 0.330 e. The van der Waals surface area contributed by atoms with Crippen molar-refractivity contribution in [3.8, 4) is 0 Å². The molecule has 3 rings (SSSR count). The van der Waals surface area contributed by atoms with Crippen molar-refractivity contribution in [2.24, 2.45) is 0 Å². The number of carboxylic acid groups (broad SMARTS) is 1. The van der Waals surface area contributed by atoms with Crippen LogP contribution in [-0.2, 0) is 24.1 Å². The number of carbonyl (C=O) groups excluding carboxylic acids is 1. The third-order valence-electron chi connectivity index (χ3n) is 5.55. The van der Waals surface area contributed by atoms with Crippen LogP contribution >= 0.6 is 0 Å². The van der Waals surface area contributed by atoms with Crippen LogP contribution in [0.5, 0.6) is 0 Å². The standard InChI is InChI=1S/C23H27NO3/c1-3-4-5-12-19-16(2)9-8-13-20(19)21(25)24-23(22(26)27)14-17-10-6-7-11-18(17)15-23/h6-11,13H,3-5,12,14-15H2,1-2H3,(H,24,25)(H,26,27). The second kappa shape index (κ2) is 7.95. The Balaban J connectivity index is 1.86. The Hall–Kier alpha value is -2.62. The predicted molar refractivity (Wildman–Crippen MR) is 106 cm³/mol. The minimum Gasteiger partial charge on any atom is -0.479 e. The van der Waals surface area contributed by atoms with Gasteiger partial charge in [0.05, 0.1) is 0 Å². The lowest BCUT2D eigenvalue weighted by Crippen LogP contribution is -2.55. The molecule has 2 aromatic rings. The molecule has 0 aliphatic heterocycles. The Bertz CT molecular complexity index is 831. The molecule has 4 nitrogen and oxygen atoms in total. The summed E-state index contributed by atoms with van der Waals surface area (Å²) in [6, 6.07) is 13.4.